The zero-order valence-electron chi connectivity index (χ0n) is 12.9. The van der Waals surface area contributed by atoms with Crippen molar-refractivity contribution in [3.63, 3.8) is 0 Å². The first kappa shape index (κ1) is 14.8. The fourth-order valence-corrected chi connectivity index (χ4v) is 3.74. The van der Waals surface area contributed by atoms with Crippen LogP contribution < -0.4 is 5.32 Å². The van der Waals surface area contributed by atoms with Gasteiger partial charge in [0, 0.05) is 31.2 Å². The Morgan fingerprint density at radius 3 is 2.76 bits per heavy atom. The largest absolute Gasteiger partial charge is 0.307 e. The van der Waals surface area contributed by atoms with Gasteiger partial charge in [-0.1, -0.05) is 37.3 Å². The molecule has 1 saturated heterocycles. The zero-order chi connectivity index (χ0) is 14.7. The van der Waals surface area contributed by atoms with Crippen LogP contribution in [-0.2, 0) is 6.54 Å². The predicted octanol–water partition coefficient (Wildman–Crippen LogP) is 4.06. The SMILES string of the molecule is CCC1(C)CNC(c2ccccc2)CN1Cc1ccsc1. The number of piperazine rings is 1. The molecular formula is C18H24N2S. The second-order valence-electron chi connectivity index (χ2n) is 6.21. The summed E-state index contributed by atoms with van der Waals surface area (Å²) in [5.41, 5.74) is 3.08. The second kappa shape index (κ2) is 6.30. The summed E-state index contributed by atoms with van der Waals surface area (Å²) in [7, 11) is 0. The van der Waals surface area contributed by atoms with Crippen molar-refractivity contribution in [2.45, 2.75) is 38.4 Å². The van der Waals surface area contributed by atoms with Crippen molar-refractivity contribution in [2.75, 3.05) is 13.1 Å². The third-order valence-electron chi connectivity index (χ3n) is 4.81. The molecule has 2 nitrogen and oxygen atoms in total. The van der Waals surface area contributed by atoms with Gasteiger partial charge in [-0.15, -0.1) is 0 Å². The third kappa shape index (κ3) is 3.20. The van der Waals surface area contributed by atoms with Crippen LogP contribution in [-0.4, -0.2) is 23.5 Å². The monoisotopic (exact) mass is 300 g/mol. The highest BCUT2D eigenvalue weighted by atomic mass is 32.1. The van der Waals surface area contributed by atoms with Crippen molar-refractivity contribution >= 4 is 11.3 Å². The van der Waals surface area contributed by atoms with Crippen molar-refractivity contribution in [3.8, 4) is 0 Å². The number of hydrogen-bond acceptors (Lipinski definition) is 3. The normalized spacial score (nSPS) is 26.9. The van der Waals surface area contributed by atoms with E-state index in [9.17, 15) is 0 Å². The van der Waals surface area contributed by atoms with Crippen molar-refractivity contribution in [1.29, 1.82) is 0 Å². The lowest BCUT2D eigenvalue weighted by molar-refractivity contribution is 0.0414. The molecule has 0 bridgehead atoms. The maximum Gasteiger partial charge on any atom is 0.0450 e. The first-order valence-electron chi connectivity index (χ1n) is 7.76. The lowest BCUT2D eigenvalue weighted by Crippen LogP contribution is -2.59. The molecule has 1 N–H and O–H groups in total. The summed E-state index contributed by atoms with van der Waals surface area (Å²) >= 11 is 1.79. The average Bonchev–Trinajstić information content (AvgIpc) is 3.03. The van der Waals surface area contributed by atoms with Crippen LogP contribution in [0.4, 0.5) is 0 Å². The Bertz CT molecular complexity index is 552. The van der Waals surface area contributed by atoms with Crippen molar-refractivity contribution in [3.05, 3.63) is 58.3 Å². The Morgan fingerprint density at radius 2 is 2.10 bits per heavy atom. The lowest BCUT2D eigenvalue weighted by Gasteiger charge is -2.48. The molecule has 1 aliphatic rings. The van der Waals surface area contributed by atoms with Crippen LogP contribution in [0, 0.1) is 0 Å². The Labute approximate surface area is 131 Å². The van der Waals surface area contributed by atoms with Gasteiger partial charge in [-0.3, -0.25) is 4.90 Å². The minimum atomic E-state index is 0.243. The predicted molar refractivity (Wildman–Crippen MR) is 90.6 cm³/mol. The Kier molecular flexibility index (Phi) is 4.43. The molecule has 1 aliphatic heterocycles. The number of thiophene rings is 1. The van der Waals surface area contributed by atoms with E-state index >= 15 is 0 Å². The molecule has 1 aromatic heterocycles. The highest BCUT2D eigenvalue weighted by molar-refractivity contribution is 7.07. The van der Waals surface area contributed by atoms with Gasteiger partial charge in [-0.2, -0.15) is 11.3 Å². The molecule has 112 valence electrons. The van der Waals surface area contributed by atoms with Gasteiger partial charge in [0.05, 0.1) is 0 Å². The van der Waals surface area contributed by atoms with Crippen molar-refractivity contribution in [2.24, 2.45) is 0 Å². The highest BCUT2D eigenvalue weighted by Gasteiger charge is 2.36. The summed E-state index contributed by atoms with van der Waals surface area (Å²) in [4.78, 5) is 2.66. The smallest absolute Gasteiger partial charge is 0.0450 e. The van der Waals surface area contributed by atoms with Gasteiger partial charge in [-0.25, -0.2) is 0 Å². The lowest BCUT2D eigenvalue weighted by atomic mass is 9.90. The minimum absolute atomic E-state index is 0.243. The average molecular weight is 300 g/mol. The Hall–Kier alpha value is -1.16. The van der Waals surface area contributed by atoms with E-state index in [0.717, 1.165) is 19.6 Å². The zero-order valence-corrected chi connectivity index (χ0v) is 13.7. The Morgan fingerprint density at radius 1 is 1.29 bits per heavy atom. The van der Waals surface area contributed by atoms with Gasteiger partial charge in [0.1, 0.15) is 0 Å². The van der Waals surface area contributed by atoms with Crippen LogP contribution in [0.5, 0.6) is 0 Å². The standard InChI is InChI=1S/C18H24N2S/c1-3-18(2)14-19-17(16-7-5-4-6-8-16)12-20(18)11-15-9-10-21-13-15/h4-10,13,17,19H,3,11-12,14H2,1-2H3. The molecule has 2 atom stereocenters. The van der Waals surface area contributed by atoms with Crippen LogP contribution >= 0.6 is 11.3 Å². The van der Waals surface area contributed by atoms with Crippen LogP contribution in [0.25, 0.3) is 0 Å². The maximum atomic E-state index is 3.75. The second-order valence-corrected chi connectivity index (χ2v) is 6.99. The molecule has 0 aliphatic carbocycles. The number of nitrogens with zero attached hydrogens (tertiary/aromatic N) is 1. The molecule has 0 amide bonds. The summed E-state index contributed by atoms with van der Waals surface area (Å²) in [5.74, 6) is 0. The molecule has 3 heteroatoms. The summed E-state index contributed by atoms with van der Waals surface area (Å²) in [6, 6.07) is 13.5. The third-order valence-corrected chi connectivity index (χ3v) is 5.54. The molecule has 2 unspecified atom stereocenters. The van der Waals surface area contributed by atoms with E-state index in [1.807, 2.05) is 0 Å². The number of hydrogen-bond donors (Lipinski definition) is 1. The van der Waals surface area contributed by atoms with E-state index < -0.39 is 0 Å². The van der Waals surface area contributed by atoms with E-state index in [-0.39, 0.29) is 5.54 Å². The molecule has 1 aromatic carbocycles. The minimum Gasteiger partial charge on any atom is -0.307 e. The molecule has 0 saturated carbocycles. The van der Waals surface area contributed by atoms with Crippen molar-refractivity contribution in [1.82, 2.24) is 10.2 Å². The maximum absolute atomic E-state index is 3.75. The van der Waals surface area contributed by atoms with E-state index in [4.69, 9.17) is 0 Å². The summed E-state index contributed by atoms with van der Waals surface area (Å²) in [6.07, 6.45) is 1.17. The molecule has 1 fully saturated rings. The van der Waals surface area contributed by atoms with E-state index in [1.165, 1.54) is 17.5 Å². The first-order chi connectivity index (χ1) is 10.2. The van der Waals surface area contributed by atoms with Gasteiger partial charge in [0.25, 0.3) is 0 Å². The molecular weight excluding hydrogens is 276 g/mol. The van der Waals surface area contributed by atoms with Gasteiger partial charge in [0.2, 0.25) is 0 Å². The summed E-state index contributed by atoms with van der Waals surface area (Å²) in [5, 5.41) is 8.20. The van der Waals surface area contributed by atoms with Crippen LogP contribution in [0.15, 0.2) is 47.2 Å². The fraction of sp³-hybridized carbons (Fsp3) is 0.444. The quantitative estimate of drug-likeness (QED) is 0.916. The number of benzene rings is 1. The van der Waals surface area contributed by atoms with Gasteiger partial charge in [0.15, 0.2) is 0 Å². The molecule has 0 spiro atoms. The molecule has 21 heavy (non-hydrogen) atoms. The number of nitrogens with one attached hydrogen (secondary N) is 1. The van der Waals surface area contributed by atoms with Crippen molar-refractivity contribution < 1.29 is 0 Å². The first-order valence-corrected chi connectivity index (χ1v) is 8.70. The molecule has 2 aromatic rings. The summed E-state index contributed by atoms with van der Waals surface area (Å²) < 4.78 is 0. The van der Waals surface area contributed by atoms with Gasteiger partial charge in [-0.05, 0) is 41.3 Å². The van der Waals surface area contributed by atoms with Gasteiger partial charge < -0.3 is 5.32 Å². The van der Waals surface area contributed by atoms with Crippen LogP contribution in [0.2, 0.25) is 0 Å². The van der Waals surface area contributed by atoms with Crippen LogP contribution in [0.1, 0.15) is 37.4 Å². The topological polar surface area (TPSA) is 15.3 Å². The number of rotatable bonds is 4. The molecule has 3 rings (SSSR count). The van der Waals surface area contributed by atoms with E-state index in [2.05, 4.69) is 71.2 Å². The highest BCUT2D eigenvalue weighted by Crippen LogP contribution is 2.30. The molecule has 2 heterocycles. The van der Waals surface area contributed by atoms with Gasteiger partial charge >= 0.3 is 0 Å². The van der Waals surface area contributed by atoms with E-state index in [0.29, 0.717) is 6.04 Å². The van der Waals surface area contributed by atoms with E-state index in [1.54, 1.807) is 11.3 Å². The van der Waals surface area contributed by atoms with Crippen LogP contribution in [0.3, 0.4) is 0 Å². The Balaban J connectivity index is 1.79. The summed E-state index contributed by atoms with van der Waals surface area (Å²) in [6.45, 7) is 7.86. The fourth-order valence-electron chi connectivity index (χ4n) is 3.08. The molecule has 0 radical (unpaired) electrons.